The van der Waals surface area contributed by atoms with Gasteiger partial charge >= 0.3 is 0 Å². The van der Waals surface area contributed by atoms with Gasteiger partial charge in [0.05, 0.1) is 6.10 Å². The van der Waals surface area contributed by atoms with Crippen molar-refractivity contribution in [3.05, 3.63) is 65.7 Å². The van der Waals surface area contributed by atoms with Crippen molar-refractivity contribution in [2.24, 2.45) is 0 Å². The first kappa shape index (κ1) is 19.0. The molecule has 148 valence electrons. The van der Waals surface area contributed by atoms with Gasteiger partial charge in [0.15, 0.2) is 0 Å². The maximum absolute atomic E-state index is 13.3. The predicted molar refractivity (Wildman–Crippen MR) is 112 cm³/mol. The highest BCUT2D eigenvalue weighted by Gasteiger charge is 2.37. The first-order chi connectivity index (χ1) is 13.6. The van der Waals surface area contributed by atoms with Crippen LogP contribution in [0.25, 0.3) is 0 Å². The van der Waals surface area contributed by atoms with Crippen molar-refractivity contribution in [1.82, 2.24) is 9.80 Å². The van der Waals surface area contributed by atoms with Crippen LogP contribution in [-0.4, -0.2) is 53.5 Å². The molecule has 1 heterocycles. The van der Waals surface area contributed by atoms with Crippen molar-refractivity contribution >= 4 is 5.91 Å². The quantitative estimate of drug-likeness (QED) is 0.762. The number of benzene rings is 2. The maximum Gasteiger partial charge on any atom is 0.254 e. The lowest BCUT2D eigenvalue weighted by Crippen LogP contribution is -2.56. The zero-order chi connectivity index (χ0) is 19.5. The lowest BCUT2D eigenvalue weighted by atomic mass is 10.0. The Hall–Kier alpha value is -2.33. The topological polar surface area (TPSA) is 32.8 Å². The van der Waals surface area contributed by atoms with E-state index in [2.05, 4.69) is 34.1 Å². The van der Waals surface area contributed by atoms with Gasteiger partial charge in [0.2, 0.25) is 0 Å². The van der Waals surface area contributed by atoms with E-state index >= 15 is 0 Å². The molecule has 1 saturated carbocycles. The Labute approximate surface area is 168 Å². The molecule has 1 aliphatic carbocycles. The summed E-state index contributed by atoms with van der Waals surface area (Å²) in [7, 11) is 0. The number of hydrogen-bond donors (Lipinski definition) is 0. The van der Waals surface area contributed by atoms with Gasteiger partial charge in [-0.15, -0.1) is 0 Å². The third kappa shape index (κ3) is 4.56. The molecule has 1 atom stereocenters. The molecule has 2 fully saturated rings. The van der Waals surface area contributed by atoms with Crippen molar-refractivity contribution < 1.29 is 9.53 Å². The third-order valence-corrected chi connectivity index (χ3v) is 5.63. The first-order valence-electron chi connectivity index (χ1n) is 10.5. The fourth-order valence-electron chi connectivity index (χ4n) is 4.09. The number of carbonyl (C=O) groups is 1. The molecule has 0 bridgehead atoms. The molecule has 4 rings (SSSR count). The van der Waals surface area contributed by atoms with Crippen LogP contribution in [-0.2, 0) is 6.42 Å². The molecular weight excluding hydrogens is 348 g/mol. The molecule has 4 heteroatoms. The standard InChI is InChI=1S/C24H30N2O2/c1-18(2)28-23-12-8-20(9-13-23)24(27)26-15-14-25(21-10-11-21)17-22(26)16-19-6-4-3-5-7-19/h3-9,12-13,18,21-22H,10-11,14-17H2,1-2H3. The predicted octanol–water partition coefficient (Wildman–Crippen LogP) is 4.01. The van der Waals surface area contributed by atoms with Gasteiger partial charge in [-0.3, -0.25) is 9.69 Å². The number of carbonyl (C=O) groups excluding carboxylic acids is 1. The maximum atomic E-state index is 13.3. The zero-order valence-corrected chi connectivity index (χ0v) is 16.9. The van der Waals surface area contributed by atoms with Gasteiger partial charge in [0, 0.05) is 37.3 Å². The Morgan fingerprint density at radius 2 is 1.75 bits per heavy atom. The molecule has 1 saturated heterocycles. The summed E-state index contributed by atoms with van der Waals surface area (Å²) in [6.45, 7) is 6.77. The van der Waals surface area contributed by atoms with E-state index in [0.717, 1.165) is 43.4 Å². The van der Waals surface area contributed by atoms with Gasteiger partial charge in [-0.1, -0.05) is 30.3 Å². The molecule has 1 aliphatic heterocycles. The fourth-order valence-corrected chi connectivity index (χ4v) is 4.09. The molecule has 2 aromatic rings. The van der Waals surface area contributed by atoms with Gasteiger partial charge in [0.25, 0.3) is 5.91 Å². The number of hydrogen-bond acceptors (Lipinski definition) is 3. The second-order valence-corrected chi connectivity index (χ2v) is 8.26. The summed E-state index contributed by atoms with van der Waals surface area (Å²) in [6.07, 6.45) is 3.66. The molecule has 2 aromatic carbocycles. The van der Waals surface area contributed by atoms with Gasteiger partial charge in [0.1, 0.15) is 5.75 Å². The number of piperazine rings is 1. The van der Waals surface area contributed by atoms with Crippen molar-refractivity contribution in [2.45, 2.75) is 51.3 Å². The Balaban J connectivity index is 1.50. The van der Waals surface area contributed by atoms with Gasteiger partial charge in [-0.05, 0) is 62.9 Å². The summed E-state index contributed by atoms with van der Waals surface area (Å²) >= 11 is 0. The summed E-state index contributed by atoms with van der Waals surface area (Å²) in [6, 6.07) is 19.1. The minimum absolute atomic E-state index is 0.132. The normalized spacial score (nSPS) is 20.4. The second kappa shape index (κ2) is 8.36. The molecule has 28 heavy (non-hydrogen) atoms. The van der Waals surface area contributed by atoms with E-state index in [1.807, 2.05) is 44.2 Å². The van der Waals surface area contributed by atoms with Crippen LogP contribution < -0.4 is 4.74 Å². The van der Waals surface area contributed by atoms with Crippen LogP contribution in [0.4, 0.5) is 0 Å². The minimum Gasteiger partial charge on any atom is -0.491 e. The minimum atomic E-state index is 0.132. The van der Waals surface area contributed by atoms with Crippen LogP contribution in [0, 0.1) is 0 Å². The molecule has 4 nitrogen and oxygen atoms in total. The van der Waals surface area contributed by atoms with E-state index in [1.54, 1.807) is 0 Å². The van der Waals surface area contributed by atoms with Crippen molar-refractivity contribution in [3.8, 4) is 5.75 Å². The smallest absolute Gasteiger partial charge is 0.254 e. The molecule has 2 aliphatic rings. The lowest BCUT2D eigenvalue weighted by molar-refractivity contribution is 0.0437. The summed E-state index contributed by atoms with van der Waals surface area (Å²) in [5.41, 5.74) is 2.04. The molecule has 1 amide bonds. The van der Waals surface area contributed by atoms with Gasteiger partial charge in [-0.2, -0.15) is 0 Å². The third-order valence-electron chi connectivity index (χ3n) is 5.63. The number of nitrogens with zero attached hydrogens (tertiary/aromatic N) is 2. The number of ether oxygens (including phenoxy) is 1. The Bertz CT molecular complexity index is 784. The molecule has 1 unspecified atom stereocenters. The summed E-state index contributed by atoms with van der Waals surface area (Å²) in [5, 5.41) is 0. The van der Waals surface area contributed by atoms with E-state index in [4.69, 9.17) is 4.74 Å². The van der Waals surface area contributed by atoms with Crippen molar-refractivity contribution in [3.63, 3.8) is 0 Å². The van der Waals surface area contributed by atoms with E-state index in [1.165, 1.54) is 18.4 Å². The summed E-state index contributed by atoms with van der Waals surface area (Å²) < 4.78 is 5.71. The fraction of sp³-hybridized carbons (Fsp3) is 0.458. The highest BCUT2D eigenvalue weighted by atomic mass is 16.5. The van der Waals surface area contributed by atoms with Crippen LogP contribution in [0.15, 0.2) is 54.6 Å². The van der Waals surface area contributed by atoms with Gasteiger partial charge < -0.3 is 9.64 Å². The Kier molecular flexibility index (Phi) is 5.67. The molecule has 0 radical (unpaired) electrons. The van der Waals surface area contributed by atoms with E-state index < -0.39 is 0 Å². The molecule has 0 aromatic heterocycles. The monoisotopic (exact) mass is 378 g/mol. The number of rotatable bonds is 6. The largest absolute Gasteiger partial charge is 0.491 e. The van der Waals surface area contributed by atoms with Crippen LogP contribution >= 0.6 is 0 Å². The molecule has 0 spiro atoms. The Morgan fingerprint density at radius 3 is 2.39 bits per heavy atom. The van der Waals surface area contributed by atoms with Crippen LogP contribution in [0.3, 0.4) is 0 Å². The van der Waals surface area contributed by atoms with Crippen LogP contribution in [0.5, 0.6) is 5.75 Å². The SMILES string of the molecule is CC(C)Oc1ccc(C(=O)N2CCN(C3CC3)CC2Cc2ccccc2)cc1. The number of amides is 1. The average Bonchev–Trinajstić information content (AvgIpc) is 3.54. The Morgan fingerprint density at radius 1 is 1.04 bits per heavy atom. The van der Waals surface area contributed by atoms with Crippen LogP contribution in [0.1, 0.15) is 42.6 Å². The average molecular weight is 379 g/mol. The highest BCUT2D eigenvalue weighted by molar-refractivity contribution is 5.94. The zero-order valence-electron chi connectivity index (χ0n) is 16.9. The van der Waals surface area contributed by atoms with E-state index in [9.17, 15) is 4.79 Å². The van der Waals surface area contributed by atoms with Crippen molar-refractivity contribution in [2.75, 3.05) is 19.6 Å². The summed E-state index contributed by atoms with van der Waals surface area (Å²) in [4.78, 5) is 18.0. The van der Waals surface area contributed by atoms with E-state index in [0.29, 0.717) is 0 Å². The van der Waals surface area contributed by atoms with Crippen molar-refractivity contribution in [1.29, 1.82) is 0 Å². The first-order valence-corrected chi connectivity index (χ1v) is 10.5. The molecule has 0 N–H and O–H groups in total. The second-order valence-electron chi connectivity index (χ2n) is 8.26. The molecular formula is C24H30N2O2. The highest BCUT2D eigenvalue weighted by Crippen LogP contribution is 2.30. The van der Waals surface area contributed by atoms with E-state index in [-0.39, 0.29) is 18.1 Å². The lowest BCUT2D eigenvalue weighted by Gasteiger charge is -2.42. The summed E-state index contributed by atoms with van der Waals surface area (Å²) in [5.74, 6) is 0.943. The van der Waals surface area contributed by atoms with Gasteiger partial charge in [-0.25, -0.2) is 0 Å². The van der Waals surface area contributed by atoms with Crippen LogP contribution in [0.2, 0.25) is 0 Å².